The van der Waals surface area contributed by atoms with E-state index in [2.05, 4.69) is 26.0 Å². The van der Waals surface area contributed by atoms with E-state index in [1.54, 1.807) is 11.8 Å². The minimum absolute atomic E-state index is 0.434. The van der Waals surface area contributed by atoms with Crippen molar-refractivity contribution in [2.75, 3.05) is 0 Å². The van der Waals surface area contributed by atoms with E-state index in [1.165, 1.54) is 0 Å². The van der Waals surface area contributed by atoms with Crippen LogP contribution in [0.2, 0.25) is 5.02 Å². The lowest BCUT2D eigenvalue weighted by molar-refractivity contribution is 0.151. The molecule has 0 bridgehead atoms. The fraction of sp³-hybridized carbons (Fsp3) is 0.538. The number of hydrogen-bond donors (Lipinski definition) is 1. The Morgan fingerprint density at radius 2 is 2.12 bits per heavy atom. The van der Waals surface area contributed by atoms with Gasteiger partial charge >= 0.3 is 0 Å². The van der Waals surface area contributed by atoms with Crippen molar-refractivity contribution in [2.24, 2.45) is 0 Å². The highest BCUT2D eigenvalue weighted by Crippen LogP contribution is 2.39. The summed E-state index contributed by atoms with van der Waals surface area (Å²) >= 11 is 7.99. The van der Waals surface area contributed by atoms with Gasteiger partial charge in [-0.25, -0.2) is 0 Å². The van der Waals surface area contributed by atoms with Crippen LogP contribution in [0.3, 0.4) is 0 Å². The lowest BCUT2D eigenvalue weighted by Gasteiger charge is -2.11. The van der Waals surface area contributed by atoms with E-state index in [4.69, 9.17) is 11.6 Å². The fourth-order valence-electron chi connectivity index (χ4n) is 1.70. The number of aliphatic hydroxyl groups is 1. The zero-order valence-electron chi connectivity index (χ0n) is 9.66. The molecule has 0 aliphatic heterocycles. The summed E-state index contributed by atoms with van der Waals surface area (Å²) in [6.07, 6.45) is 2.58. The van der Waals surface area contributed by atoms with Gasteiger partial charge < -0.3 is 5.11 Å². The summed E-state index contributed by atoms with van der Waals surface area (Å²) in [5, 5.41) is 11.2. The van der Waals surface area contributed by atoms with Crippen LogP contribution in [0.4, 0.5) is 0 Å². The molecule has 88 valence electrons. The standard InChI is InChI=1S/C13H17ClOS/c1-9(2)16-12-4-3-10(7-11(12)14)8-13(15)5-6-13/h3-4,7,9,15H,5-6,8H2,1-2H3. The van der Waals surface area contributed by atoms with Crippen LogP contribution in [0.15, 0.2) is 23.1 Å². The number of benzene rings is 1. The molecule has 1 N–H and O–H groups in total. The summed E-state index contributed by atoms with van der Waals surface area (Å²) in [5.74, 6) is 0. The Morgan fingerprint density at radius 3 is 2.62 bits per heavy atom. The van der Waals surface area contributed by atoms with Crippen LogP contribution in [0, 0.1) is 0 Å². The van der Waals surface area contributed by atoms with Crippen molar-refractivity contribution in [3.63, 3.8) is 0 Å². The van der Waals surface area contributed by atoms with Gasteiger partial charge in [0.25, 0.3) is 0 Å². The molecule has 1 nitrogen and oxygen atoms in total. The van der Waals surface area contributed by atoms with E-state index in [9.17, 15) is 5.11 Å². The Balaban J connectivity index is 2.09. The second-order valence-corrected chi connectivity index (χ2v) is 6.86. The van der Waals surface area contributed by atoms with Crippen molar-refractivity contribution in [1.29, 1.82) is 0 Å². The molecule has 0 aromatic heterocycles. The van der Waals surface area contributed by atoms with Crippen molar-refractivity contribution < 1.29 is 5.11 Å². The van der Waals surface area contributed by atoms with E-state index >= 15 is 0 Å². The van der Waals surface area contributed by atoms with Crippen LogP contribution in [0.25, 0.3) is 0 Å². The number of thioether (sulfide) groups is 1. The minimum atomic E-state index is -0.434. The van der Waals surface area contributed by atoms with Gasteiger partial charge in [0.1, 0.15) is 0 Å². The van der Waals surface area contributed by atoms with Crippen molar-refractivity contribution in [1.82, 2.24) is 0 Å². The molecular formula is C13H17ClOS. The van der Waals surface area contributed by atoms with Gasteiger partial charge in [-0.2, -0.15) is 0 Å². The van der Waals surface area contributed by atoms with Crippen LogP contribution < -0.4 is 0 Å². The smallest absolute Gasteiger partial charge is 0.0690 e. The fourth-order valence-corrected chi connectivity index (χ4v) is 2.87. The first-order chi connectivity index (χ1) is 7.48. The van der Waals surface area contributed by atoms with E-state index in [0.29, 0.717) is 5.25 Å². The molecule has 16 heavy (non-hydrogen) atoms. The molecule has 3 heteroatoms. The molecule has 1 aliphatic rings. The zero-order chi connectivity index (χ0) is 11.8. The maximum Gasteiger partial charge on any atom is 0.0690 e. The van der Waals surface area contributed by atoms with Gasteiger partial charge in [0.15, 0.2) is 0 Å². The van der Waals surface area contributed by atoms with Gasteiger partial charge in [0, 0.05) is 16.6 Å². The summed E-state index contributed by atoms with van der Waals surface area (Å²) in [6.45, 7) is 4.31. The Bertz CT molecular complexity index is 386. The van der Waals surface area contributed by atoms with E-state index in [-0.39, 0.29) is 0 Å². The first kappa shape index (κ1) is 12.3. The lowest BCUT2D eigenvalue weighted by Crippen LogP contribution is -2.10. The van der Waals surface area contributed by atoms with Crippen molar-refractivity contribution in [3.05, 3.63) is 28.8 Å². The first-order valence-electron chi connectivity index (χ1n) is 5.66. The maximum atomic E-state index is 9.84. The van der Waals surface area contributed by atoms with Crippen LogP contribution >= 0.6 is 23.4 Å². The monoisotopic (exact) mass is 256 g/mol. The molecule has 0 heterocycles. The van der Waals surface area contributed by atoms with Gasteiger partial charge in [-0.05, 0) is 30.5 Å². The molecule has 0 unspecified atom stereocenters. The summed E-state index contributed by atoms with van der Waals surface area (Å²) in [6, 6.07) is 6.13. The summed E-state index contributed by atoms with van der Waals surface area (Å²) < 4.78 is 0. The molecule has 0 atom stereocenters. The van der Waals surface area contributed by atoms with Crippen molar-refractivity contribution >= 4 is 23.4 Å². The maximum absolute atomic E-state index is 9.84. The first-order valence-corrected chi connectivity index (χ1v) is 6.92. The van der Waals surface area contributed by atoms with Gasteiger partial charge in [0.05, 0.1) is 10.6 Å². The van der Waals surface area contributed by atoms with Gasteiger partial charge in [-0.1, -0.05) is 31.5 Å². The predicted molar refractivity (Wildman–Crippen MR) is 70.3 cm³/mol. The summed E-state index contributed by atoms with van der Waals surface area (Å²) in [7, 11) is 0. The normalized spacial score (nSPS) is 17.8. The quantitative estimate of drug-likeness (QED) is 0.825. The Labute approximate surface area is 106 Å². The second-order valence-electron chi connectivity index (χ2n) is 4.83. The Kier molecular flexibility index (Phi) is 3.53. The molecule has 2 rings (SSSR count). The summed E-state index contributed by atoms with van der Waals surface area (Å²) in [4.78, 5) is 1.13. The third-order valence-electron chi connectivity index (χ3n) is 2.72. The average Bonchev–Trinajstić information content (AvgIpc) is 2.88. The predicted octanol–water partition coefficient (Wildman–Crippen LogP) is 3.91. The topological polar surface area (TPSA) is 20.2 Å². The zero-order valence-corrected chi connectivity index (χ0v) is 11.2. The molecular weight excluding hydrogens is 240 g/mol. The number of rotatable bonds is 4. The number of halogens is 1. The molecule has 1 saturated carbocycles. The third kappa shape index (κ3) is 3.16. The molecule has 0 spiro atoms. The van der Waals surface area contributed by atoms with Gasteiger partial charge in [-0.3, -0.25) is 0 Å². The molecule has 1 aromatic carbocycles. The highest BCUT2D eigenvalue weighted by molar-refractivity contribution is 8.00. The highest BCUT2D eigenvalue weighted by atomic mass is 35.5. The molecule has 0 saturated heterocycles. The average molecular weight is 257 g/mol. The van der Waals surface area contributed by atoms with Crippen LogP contribution in [0.1, 0.15) is 32.3 Å². The van der Waals surface area contributed by atoms with Crippen LogP contribution in [-0.2, 0) is 6.42 Å². The minimum Gasteiger partial charge on any atom is -0.390 e. The van der Waals surface area contributed by atoms with E-state index < -0.39 is 5.60 Å². The molecule has 0 radical (unpaired) electrons. The van der Waals surface area contributed by atoms with Gasteiger partial charge in [0.2, 0.25) is 0 Å². The Morgan fingerprint density at radius 1 is 1.44 bits per heavy atom. The number of hydrogen-bond acceptors (Lipinski definition) is 2. The van der Waals surface area contributed by atoms with Crippen molar-refractivity contribution in [3.8, 4) is 0 Å². The highest BCUT2D eigenvalue weighted by Gasteiger charge is 2.40. The molecule has 1 fully saturated rings. The molecule has 0 amide bonds. The largest absolute Gasteiger partial charge is 0.390 e. The van der Waals surface area contributed by atoms with E-state index in [1.807, 2.05) is 6.07 Å². The lowest BCUT2D eigenvalue weighted by atomic mass is 10.1. The third-order valence-corrected chi connectivity index (χ3v) is 4.23. The van der Waals surface area contributed by atoms with Gasteiger partial charge in [-0.15, -0.1) is 11.8 Å². The van der Waals surface area contributed by atoms with Crippen LogP contribution in [0.5, 0.6) is 0 Å². The van der Waals surface area contributed by atoms with Crippen molar-refractivity contribution in [2.45, 2.75) is 48.9 Å². The SMILES string of the molecule is CC(C)Sc1ccc(CC2(O)CC2)cc1Cl. The summed E-state index contributed by atoms with van der Waals surface area (Å²) in [5.41, 5.74) is 0.703. The second kappa shape index (κ2) is 4.59. The van der Waals surface area contributed by atoms with Crippen LogP contribution in [-0.4, -0.2) is 16.0 Å². The van der Waals surface area contributed by atoms with E-state index in [0.717, 1.165) is 34.7 Å². The Hall–Kier alpha value is -0.180. The molecule has 1 aromatic rings. The molecule has 1 aliphatic carbocycles.